The summed E-state index contributed by atoms with van der Waals surface area (Å²) in [6, 6.07) is 4.43. The van der Waals surface area contributed by atoms with Crippen LogP contribution >= 0.6 is 0 Å². The Morgan fingerprint density at radius 1 is 1.37 bits per heavy atom. The SMILES string of the molecule is Cc1cc(C)c(COC(=O)NC2CCNC2)c(C)c1. The molecule has 4 nitrogen and oxygen atoms in total. The van der Waals surface area contributed by atoms with Gasteiger partial charge >= 0.3 is 6.09 Å². The van der Waals surface area contributed by atoms with Gasteiger partial charge in [-0.25, -0.2) is 4.79 Å². The Morgan fingerprint density at radius 3 is 2.63 bits per heavy atom. The first-order chi connectivity index (χ1) is 9.06. The third-order valence-corrected chi connectivity index (χ3v) is 3.57. The molecule has 1 aromatic rings. The van der Waals surface area contributed by atoms with Gasteiger partial charge in [0.1, 0.15) is 6.61 Å². The van der Waals surface area contributed by atoms with Gasteiger partial charge in [0.05, 0.1) is 0 Å². The molecule has 1 saturated heterocycles. The molecule has 0 spiro atoms. The molecule has 0 radical (unpaired) electrons. The number of carbonyl (C=O) groups is 1. The highest BCUT2D eigenvalue weighted by atomic mass is 16.5. The number of hydrogen-bond donors (Lipinski definition) is 2. The highest BCUT2D eigenvalue weighted by Gasteiger charge is 2.17. The summed E-state index contributed by atoms with van der Waals surface area (Å²) in [7, 11) is 0. The van der Waals surface area contributed by atoms with E-state index in [1.807, 2.05) is 0 Å². The van der Waals surface area contributed by atoms with Gasteiger partial charge < -0.3 is 15.4 Å². The second-order valence-corrected chi connectivity index (χ2v) is 5.29. The molecule has 1 heterocycles. The summed E-state index contributed by atoms with van der Waals surface area (Å²) in [5.74, 6) is 0. The van der Waals surface area contributed by atoms with Gasteiger partial charge in [0.2, 0.25) is 0 Å². The van der Waals surface area contributed by atoms with Crippen LogP contribution in [0.1, 0.15) is 28.7 Å². The molecule has 0 saturated carbocycles. The standard InChI is InChI=1S/C15H22N2O2/c1-10-6-11(2)14(12(3)7-10)9-19-15(18)17-13-4-5-16-8-13/h6-7,13,16H,4-5,8-9H2,1-3H3,(H,17,18). The van der Waals surface area contributed by atoms with E-state index in [1.165, 1.54) is 16.7 Å². The molecule has 1 unspecified atom stereocenters. The van der Waals surface area contributed by atoms with Crippen LogP contribution in [0.5, 0.6) is 0 Å². The Balaban J connectivity index is 1.89. The van der Waals surface area contributed by atoms with Crippen molar-refractivity contribution in [3.05, 3.63) is 34.4 Å². The van der Waals surface area contributed by atoms with Gasteiger partial charge in [-0.3, -0.25) is 0 Å². The van der Waals surface area contributed by atoms with Crippen molar-refractivity contribution < 1.29 is 9.53 Å². The maximum atomic E-state index is 11.7. The number of ether oxygens (including phenoxy) is 1. The number of alkyl carbamates (subject to hydrolysis) is 1. The zero-order valence-electron chi connectivity index (χ0n) is 11.9. The molecule has 1 amide bonds. The first-order valence-corrected chi connectivity index (χ1v) is 6.77. The minimum Gasteiger partial charge on any atom is -0.445 e. The summed E-state index contributed by atoms with van der Waals surface area (Å²) in [5.41, 5.74) is 4.69. The van der Waals surface area contributed by atoms with Gasteiger partial charge in [-0.2, -0.15) is 0 Å². The van der Waals surface area contributed by atoms with E-state index in [0.29, 0.717) is 6.61 Å². The van der Waals surface area contributed by atoms with Crippen molar-refractivity contribution in [2.24, 2.45) is 0 Å². The van der Waals surface area contributed by atoms with Crippen LogP contribution in [0.25, 0.3) is 0 Å². The lowest BCUT2D eigenvalue weighted by molar-refractivity contribution is 0.136. The normalized spacial score (nSPS) is 18.4. The van der Waals surface area contributed by atoms with Gasteiger partial charge in [0, 0.05) is 12.6 Å². The van der Waals surface area contributed by atoms with Crippen LogP contribution in [0, 0.1) is 20.8 Å². The van der Waals surface area contributed by atoms with Crippen LogP contribution in [-0.2, 0) is 11.3 Å². The quantitative estimate of drug-likeness (QED) is 0.878. The van der Waals surface area contributed by atoms with Gasteiger partial charge in [0.25, 0.3) is 0 Å². The monoisotopic (exact) mass is 262 g/mol. The van der Waals surface area contributed by atoms with Crippen molar-refractivity contribution in [3.63, 3.8) is 0 Å². The van der Waals surface area contributed by atoms with Crippen LogP contribution in [0.3, 0.4) is 0 Å². The largest absolute Gasteiger partial charge is 0.445 e. The lowest BCUT2D eigenvalue weighted by Crippen LogP contribution is -2.36. The number of benzene rings is 1. The number of aryl methyl sites for hydroxylation is 3. The van der Waals surface area contributed by atoms with Gasteiger partial charge in [-0.05, 0) is 50.4 Å². The smallest absolute Gasteiger partial charge is 0.407 e. The van der Waals surface area contributed by atoms with Crippen molar-refractivity contribution in [1.82, 2.24) is 10.6 Å². The average Bonchev–Trinajstić information content (AvgIpc) is 2.80. The van der Waals surface area contributed by atoms with Crippen molar-refractivity contribution in [2.45, 2.75) is 39.8 Å². The third kappa shape index (κ3) is 3.70. The van der Waals surface area contributed by atoms with E-state index < -0.39 is 0 Å². The molecular formula is C15H22N2O2. The number of amides is 1. The molecule has 1 aliphatic rings. The van der Waals surface area contributed by atoms with E-state index in [1.54, 1.807) is 0 Å². The van der Waals surface area contributed by atoms with Crippen LogP contribution < -0.4 is 10.6 Å². The molecule has 0 aliphatic carbocycles. The Kier molecular flexibility index (Phi) is 4.43. The van der Waals surface area contributed by atoms with Crippen LogP contribution in [0.15, 0.2) is 12.1 Å². The first-order valence-electron chi connectivity index (χ1n) is 6.77. The molecule has 2 rings (SSSR count). The van der Waals surface area contributed by atoms with Crippen molar-refractivity contribution in [2.75, 3.05) is 13.1 Å². The fourth-order valence-corrected chi connectivity index (χ4v) is 2.56. The molecule has 4 heteroatoms. The average molecular weight is 262 g/mol. The number of nitrogens with one attached hydrogen (secondary N) is 2. The van der Waals surface area contributed by atoms with Gasteiger partial charge in [-0.1, -0.05) is 17.7 Å². The van der Waals surface area contributed by atoms with E-state index in [9.17, 15) is 4.79 Å². The predicted molar refractivity (Wildman–Crippen MR) is 75.2 cm³/mol. The number of rotatable bonds is 3. The van der Waals surface area contributed by atoms with Crippen molar-refractivity contribution in [3.8, 4) is 0 Å². The Bertz CT molecular complexity index is 442. The molecule has 0 bridgehead atoms. The van der Waals surface area contributed by atoms with Gasteiger partial charge in [-0.15, -0.1) is 0 Å². The number of hydrogen-bond acceptors (Lipinski definition) is 3. The Morgan fingerprint density at radius 2 is 2.05 bits per heavy atom. The molecule has 2 N–H and O–H groups in total. The minimum absolute atomic E-state index is 0.202. The summed E-state index contributed by atoms with van der Waals surface area (Å²) in [6.07, 6.45) is 0.644. The summed E-state index contributed by atoms with van der Waals surface area (Å²) >= 11 is 0. The zero-order valence-corrected chi connectivity index (χ0v) is 11.9. The van der Waals surface area contributed by atoms with E-state index in [0.717, 1.165) is 25.1 Å². The zero-order chi connectivity index (χ0) is 13.8. The predicted octanol–water partition coefficient (Wildman–Crippen LogP) is 2.20. The molecule has 1 fully saturated rings. The molecule has 1 aromatic carbocycles. The van der Waals surface area contributed by atoms with E-state index in [2.05, 4.69) is 43.5 Å². The molecule has 104 valence electrons. The highest BCUT2D eigenvalue weighted by molar-refractivity contribution is 5.67. The van der Waals surface area contributed by atoms with E-state index in [-0.39, 0.29) is 12.1 Å². The lowest BCUT2D eigenvalue weighted by Gasteiger charge is -2.14. The lowest BCUT2D eigenvalue weighted by atomic mass is 10.0. The summed E-state index contributed by atoms with van der Waals surface area (Å²) in [5, 5.41) is 6.08. The summed E-state index contributed by atoms with van der Waals surface area (Å²) in [4.78, 5) is 11.7. The second-order valence-electron chi connectivity index (χ2n) is 5.29. The topological polar surface area (TPSA) is 50.4 Å². The summed E-state index contributed by atoms with van der Waals surface area (Å²) < 4.78 is 5.31. The van der Waals surface area contributed by atoms with E-state index >= 15 is 0 Å². The summed E-state index contributed by atoms with van der Waals surface area (Å²) in [6.45, 7) is 8.31. The number of carbonyl (C=O) groups excluding carboxylic acids is 1. The second kappa shape index (κ2) is 6.06. The third-order valence-electron chi connectivity index (χ3n) is 3.57. The maximum absolute atomic E-state index is 11.7. The first kappa shape index (κ1) is 13.9. The fourth-order valence-electron chi connectivity index (χ4n) is 2.56. The van der Waals surface area contributed by atoms with Crippen LogP contribution in [0.4, 0.5) is 4.79 Å². The molecule has 1 atom stereocenters. The minimum atomic E-state index is -0.326. The van der Waals surface area contributed by atoms with Crippen molar-refractivity contribution in [1.29, 1.82) is 0 Å². The Labute approximate surface area is 114 Å². The van der Waals surface area contributed by atoms with E-state index in [4.69, 9.17) is 4.74 Å². The van der Waals surface area contributed by atoms with Gasteiger partial charge in [0.15, 0.2) is 0 Å². The van der Waals surface area contributed by atoms with Crippen LogP contribution in [0.2, 0.25) is 0 Å². The maximum Gasteiger partial charge on any atom is 0.407 e. The highest BCUT2D eigenvalue weighted by Crippen LogP contribution is 2.17. The fraction of sp³-hybridized carbons (Fsp3) is 0.533. The molecule has 1 aliphatic heterocycles. The molecule has 19 heavy (non-hydrogen) atoms. The van der Waals surface area contributed by atoms with Crippen LogP contribution in [-0.4, -0.2) is 25.2 Å². The molecule has 0 aromatic heterocycles. The van der Waals surface area contributed by atoms with Crippen molar-refractivity contribution >= 4 is 6.09 Å². The Hall–Kier alpha value is -1.55. The molecular weight excluding hydrogens is 240 g/mol.